The van der Waals surface area contributed by atoms with Crippen LogP contribution < -0.4 is 0 Å². The fourth-order valence-electron chi connectivity index (χ4n) is 2.89. The van der Waals surface area contributed by atoms with Crippen molar-refractivity contribution in [1.82, 2.24) is 0 Å². The van der Waals surface area contributed by atoms with Crippen molar-refractivity contribution in [3.63, 3.8) is 0 Å². The first-order valence-electron chi connectivity index (χ1n) is 6.28. The van der Waals surface area contributed by atoms with Gasteiger partial charge in [0.2, 0.25) is 0 Å². The van der Waals surface area contributed by atoms with Gasteiger partial charge in [0.1, 0.15) is 5.75 Å². The summed E-state index contributed by atoms with van der Waals surface area (Å²) in [7, 11) is 9.78. The molecule has 4 heteroatoms. The average Bonchev–Trinajstić information content (AvgIpc) is 2.84. The normalized spacial score (nSPS) is 16.0. The van der Waals surface area contributed by atoms with E-state index in [4.69, 9.17) is 18.6 Å². The predicted molar refractivity (Wildman–Crippen MR) is 74.8 cm³/mol. The van der Waals surface area contributed by atoms with Crippen LogP contribution in [0.1, 0.15) is 45.1 Å². The summed E-state index contributed by atoms with van der Waals surface area (Å²) in [5.74, 6) is 1.18. The molecule has 1 nitrogen and oxygen atoms in total. The molecule has 1 N–H and O–H groups in total. The molecule has 0 amide bonds. The van der Waals surface area contributed by atoms with Crippen LogP contribution in [0.3, 0.4) is 0 Å². The van der Waals surface area contributed by atoms with E-state index < -0.39 is 17.0 Å². The molecule has 0 unspecified atom stereocenters. The Balaban J connectivity index is 0.000000492. The van der Waals surface area contributed by atoms with Crippen LogP contribution in [0.2, 0.25) is 0 Å². The molecular formula is C14H20Cl2OTi. The molecule has 1 aromatic carbocycles. The molecule has 0 aromatic heterocycles. The Morgan fingerprint density at radius 2 is 1.67 bits per heavy atom. The Bertz CT molecular complexity index is 363. The van der Waals surface area contributed by atoms with Crippen molar-refractivity contribution >= 4 is 18.6 Å². The number of phenols is 1. The number of phenolic OH excluding ortho intramolecular Hbond substituents is 1. The average molecular weight is 323 g/mol. The topological polar surface area (TPSA) is 20.2 Å². The first kappa shape index (κ1) is 16.4. The van der Waals surface area contributed by atoms with Crippen LogP contribution in [0.5, 0.6) is 5.75 Å². The zero-order chi connectivity index (χ0) is 13.6. The van der Waals surface area contributed by atoms with Gasteiger partial charge in [-0.1, -0.05) is 44.9 Å². The molecule has 18 heavy (non-hydrogen) atoms. The quantitative estimate of drug-likeness (QED) is 0.738. The first-order valence-corrected chi connectivity index (χ1v) is 10.6. The minimum atomic E-state index is -0.556. The predicted octanol–water partition coefficient (Wildman–Crippen LogP) is 5.24. The molecule has 1 aliphatic carbocycles. The third-order valence-corrected chi connectivity index (χ3v) is 3.97. The van der Waals surface area contributed by atoms with Crippen molar-refractivity contribution in [1.29, 1.82) is 0 Å². The number of para-hydroxylation sites is 1. The summed E-state index contributed by atoms with van der Waals surface area (Å²) < 4.78 is 0. The number of halogens is 2. The van der Waals surface area contributed by atoms with Crippen molar-refractivity contribution in [2.45, 2.75) is 44.9 Å². The van der Waals surface area contributed by atoms with Gasteiger partial charge in [-0.05, 0) is 35.8 Å². The third-order valence-electron chi connectivity index (χ3n) is 3.97. The van der Waals surface area contributed by atoms with Crippen LogP contribution in [0.15, 0.2) is 24.3 Å². The second kappa shape index (κ2) is 7.80. The van der Waals surface area contributed by atoms with E-state index >= 15 is 0 Å². The molecule has 0 saturated heterocycles. The first-order chi connectivity index (χ1) is 8.54. The van der Waals surface area contributed by atoms with Crippen molar-refractivity contribution in [2.24, 2.45) is 5.92 Å². The van der Waals surface area contributed by atoms with E-state index in [1.54, 1.807) is 6.07 Å². The monoisotopic (exact) mass is 322 g/mol. The van der Waals surface area contributed by atoms with E-state index in [-0.39, 0.29) is 5.41 Å². The minimum absolute atomic E-state index is 0.113. The summed E-state index contributed by atoms with van der Waals surface area (Å²) in [6, 6.07) is 7.77. The second-order valence-corrected chi connectivity index (χ2v) is 7.87. The number of benzene rings is 1. The van der Waals surface area contributed by atoms with Crippen molar-refractivity contribution < 1.29 is 22.1 Å². The second-order valence-electron chi connectivity index (χ2n) is 5.29. The Labute approximate surface area is 127 Å². The van der Waals surface area contributed by atoms with Gasteiger partial charge < -0.3 is 5.11 Å². The van der Waals surface area contributed by atoms with Gasteiger partial charge in [-0.3, -0.25) is 0 Å². The van der Waals surface area contributed by atoms with E-state index in [1.165, 1.54) is 25.7 Å². The summed E-state index contributed by atoms with van der Waals surface area (Å²) in [5, 5.41) is 9.91. The van der Waals surface area contributed by atoms with Crippen LogP contribution in [0.25, 0.3) is 0 Å². The Morgan fingerprint density at radius 1 is 1.17 bits per heavy atom. The van der Waals surface area contributed by atoms with Gasteiger partial charge in [0.25, 0.3) is 0 Å². The molecule has 0 bridgehead atoms. The molecule has 0 spiro atoms. The summed E-state index contributed by atoms with van der Waals surface area (Å²) >= 11 is -0.556. The standard InChI is InChI=1S/C14H20O.2ClH.Ti/c1-14(2,11-7-3-4-8-11)12-9-5-6-10-13(12)15;;;/h5-6,9-11,15H,3-4,7-8H2,1-2H3;2*1H;/q;;;+2/p-2. The van der Waals surface area contributed by atoms with E-state index in [0.29, 0.717) is 5.75 Å². The fraction of sp³-hybridized carbons (Fsp3) is 0.571. The fourth-order valence-corrected chi connectivity index (χ4v) is 2.89. The Kier molecular flexibility index (Phi) is 7.09. The van der Waals surface area contributed by atoms with Gasteiger partial charge >= 0.3 is 35.6 Å². The zero-order valence-corrected chi connectivity index (χ0v) is 14.0. The van der Waals surface area contributed by atoms with Gasteiger partial charge in [0.15, 0.2) is 0 Å². The number of hydrogen-bond acceptors (Lipinski definition) is 1. The van der Waals surface area contributed by atoms with Crippen LogP contribution in [0.4, 0.5) is 0 Å². The maximum atomic E-state index is 9.91. The Morgan fingerprint density at radius 3 is 2.17 bits per heavy atom. The molecular weight excluding hydrogens is 303 g/mol. The van der Waals surface area contributed by atoms with Crippen LogP contribution >= 0.6 is 18.6 Å². The van der Waals surface area contributed by atoms with E-state index in [9.17, 15) is 5.11 Å². The molecule has 0 aliphatic heterocycles. The number of rotatable bonds is 2. The molecule has 1 saturated carbocycles. The van der Waals surface area contributed by atoms with Gasteiger partial charge in [-0.2, -0.15) is 0 Å². The van der Waals surface area contributed by atoms with Crippen molar-refractivity contribution in [2.75, 3.05) is 0 Å². The summed E-state index contributed by atoms with van der Waals surface area (Å²) in [6.07, 6.45) is 5.31. The van der Waals surface area contributed by atoms with Crippen LogP contribution in [-0.2, 0) is 22.4 Å². The summed E-state index contributed by atoms with van der Waals surface area (Å²) in [4.78, 5) is 0. The van der Waals surface area contributed by atoms with Crippen molar-refractivity contribution in [3.8, 4) is 5.75 Å². The molecule has 2 rings (SSSR count). The molecule has 1 aromatic rings. The van der Waals surface area contributed by atoms with Crippen molar-refractivity contribution in [3.05, 3.63) is 29.8 Å². The molecule has 0 heterocycles. The SMILES string of the molecule is CC(C)(c1ccccc1O)C1CCCC1.[Cl][Ti][Cl]. The summed E-state index contributed by atoms with van der Waals surface area (Å²) in [6.45, 7) is 4.52. The molecule has 100 valence electrons. The number of aromatic hydroxyl groups is 1. The van der Waals surface area contributed by atoms with Crippen LogP contribution in [0, 0.1) is 5.92 Å². The maximum absolute atomic E-state index is 9.91. The van der Waals surface area contributed by atoms with Gasteiger partial charge in [0.05, 0.1) is 0 Å². The van der Waals surface area contributed by atoms with Gasteiger partial charge in [0, 0.05) is 0 Å². The van der Waals surface area contributed by atoms with Gasteiger partial charge in [-0.25, -0.2) is 0 Å². The van der Waals surface area contributed by atoms with Gasteiger partial charge in [-0.15, -0.1) is 0 Å². The molecule has 1 fully saturated rings. The Hall–Kier alpha value is 0.314. The zero-order valence-electron chi connectivity index (χ0n) is 10.9. The van der Waals surface area contributed by atoms with E-state index in [2.05, 4.69) is 19.9 Å². The van der Waals surface area contributed by atoms with Crippen LogP contribution in [-0.4, -0.2) is 5.11 Å². The summed E-state index contributed by atoms with van der Waals surface area (Å²) in [5.41, 5.74) is 1.22. The molecule has 0 radical (unpaired) electrons. The molecule has 1 aliphatic rings. The van der Waals surface area contributed by atoms with E-state index in [0.717, 1.165) is 11.5 Å². The third kappa shape index (κ3) is 4.16. The van der Waals surface area contributed by atoms with E-state index in [1.807, 2.05) is 12.1 Å². The molecule has 0 atom stereocenters. The number of hydrogen-bond donors (Lipinski definition) is 1.